The van der Waals surface area contributed by atoms with Gasteiger partial charge < -0.3 is 9.30 Å². The number of fused-ring (bicyclic) bond motifs is 4. The van der Waals surface area contributed by atoms with Crippen LogP contribution in [0.3, 0.4) is 0 Å². The van der Waals surface area contributed by atoms with Crippen LogP contribution in [0.25, 0.3) is 27.6 Å². The molecule has 1 aliphatic rings. The monoisotopic (exact) mass is 850 g/mol. The zero-order chi connectivity index (χ0) is 37.3. The molecule has 2 aromatic heterocycles. The van der Waals surface area contributed by atoms with Crippen molar-refractivity contribution in [2.75, 3.05) is 0 Å². The molecule has 1 aliphatic heterocycles. The van der Waals surface area contributed by atoms with Crippen LogP contribution in [0.1, 0.15) is 62.3 Å². The number of pyridine rings is 1. The van der Waals surface area contributed by atoms with Gasteiger partial charge in [0, 0.05) is 51.1 Å². The summed E-state index contributed by atoms with van der Waals surface area (Å²) in [6.07, 6.45) is 1.87. The van der Waals surface area contributed by atoms with Crippen molar-refractivity contribution in [2.45, 2.75) is 59.2 Å². The third kappa shape index (κ3) is 6.27. The van der Waals surface area contributed by atoms with Crippen molar-refractivity contribution in [2.24, 2.45) is 0 Å². The number of benzene rings is 5. The summed E-state index contributed by atoms with van der Waals surface area (Å²) >= 11 is 0. The zero-order valence-electron chi connectivity index (χ0n) is 32.5. The maximum Gasteiger partial charge on any atom is 2.00 e. The number of hydrogen-bond acceptors (Lipinski definition) is 2. The molecule has 51 heavy (non-hydrogen) atoms. The van der Waals surface area contributed by atoms with E-state index in [1.54, 1.807) is 12.1 Å². The van der Waals surface area contributed by atoms with Crippen LogP contribution in [0.4, 0.5) is 22.7 Å². The maximum absolute atomic E-state index is 8.39. The summed E-state index contributed by atoms with van der Waals surface area (Å²) in [6.45, 7) is 10.7. The minimum absolute atomic E-state index is 0. The van der Waals surface area contributed by atoms with Crippen LogP contribution in [-0.4, -0.2) is 15.6 Å². The zero-order valence-corrected chi connectivity index (χ0v) is 31.8. The number of nitrogens with zero attached hydrogens (tertiary/aromatic N) is 4. The van der Waals surface area contributed by atoms with Gasteiger partial charge in [-0.05, 0) is 57.0 Å². The van der Waals surface area contributed by atoms with Gasteiger partial charge in [0.2, 0.25) is 5.69 Å². The average Bonchev–Trinajstić information content (AvgIpc) is 3.67. The molecule has 5 nitrogen and oxygen atoms in total. The Morgan fingerprint density at radius 1 is 0.725 bits per heavy atom. The van der Waals surface area contributed by atoms with E-state index >= 15 is 0 Å². The van der Waals surface area contributed by atoms with E-state index in [0.717, 1.165) is 38.9 Å². The summed E-state index contributed by atoms with van der Waals surface area (Å²) in [5.41, 5.74) is 7.07. The van der Waals surface area contributed by atoms with Gasteiger partial charge in [0.25, 0.3) is 5.69 Å². The van der Waals surface area contributed by atoms with E-state index in [1.807, 2.05) is 69.9 Å². The Balaban J connectivity index is 0.00000450. The SMILES string of the molecule is [2H]C([2H])([2H])c1cccc2c1[N+](c1cccc(C(C)(C)C)c1)=C=[N+]2c1[c-]c(Oc2[c-]c3c(cc2)c2ccccc2n3-c2cc(C(C)(C)C)ccn2)ccc1.[Pt+2]. The van der Waals surface area contributed by atoms with Crippen LogP contribution < -0.4 is 13.9 Å². The summed E-state index contributed by atoms with van der Waals surface area (Å²) in [4.78, 5) is 4.79. The van der Waals surface area contributed by atoms with Crippen LogP contribution >= 0.6 is 0 Å². The van der Waals surface area contributed by atoms with Gasteiger partial charge in [-0.3, -0.25) is 0 Å². The molecule has 0 amide bonds. The van der Waals surface area contributed by atoms with Gasteiger partial charge in [-0.25, -0.2) is 4.98 Å². The first-order chi connectivity index (χ1) is 25.2. The molecule has 0 N–H and O–H groups in total. The molecule has 0 atom stereocenters. The molecule has 254 valence electrons. The second-order valence-electron chi connectivity index (χ2n) is 14.8. The van der Waals surface area contributed by atoms with Crippen LogP contribution in [0.2, 0.25) is 0 Å². The van der Waals surface area contributed by atoms with Crippen molar-refractivity contribution in [1.29, 1.82) is 0 Å². The molecule has 3 heterocycles. The topological polar surface area (TPSA) is 33.1 Å². The fourth-order valence-electron chi connectivity index (χ4n) is 6.56. The molecule has 0 unspecified atom stereocenters. The predicted molar refractivity (Wildman–Crippen MR) is 206 cm³/mol. The molecular formula is C45H40N4OPt+2. The van der Waals surface area contributed by atoms with E-state index < -0.39 is 6.85 Å². The van der Waals surface area contributed by atoms with Crippen molar-refractivity contribution in [3.8, 4) is 17.3 Å². The molecule has 0 bridgehead atoms. The van der Waals surface area contributed by atoms with Crippen LogP contribution in [0, 0.1) is 19.0 Å². The summed E-state index contributed by atoms with van der Waals surface area (Å²) in [5.74, 6) is 1.83. The number of aryl methyl sites for hydroxylation is 1. The largest absolute Gasteiger partial charge is 2.00 e. The number of hydrogen-bond donors (Lipinski definition) is 0. The van der Waals surface area contributed by atoms with Gasteiger partial charge in [-0.1, -0.05) is 106 Å². The quantitative estimate of drug-likeness (QED) is 0.128. The van der Waals surface area contributed by atoms with E-state index in [-0.39, 0.29) is 37.5 Å². The van der Waals surface area contributed by atoms with E-state index in [9.17, 15) is 0 Å². The minimum Gasteiger partial charge on any atom is -0.509 e. The standard InChI is InChI=1S/C45H40N4O.Pt/c1-30-13-10-20-40-43(30)48(33-15-11-14-31(25-33)44(2,3)4)29-47(40)34-16-12-17-35(27-34)50-36-21-22-38-37-18-8-9-19-39(37)49(41(38)28-36)42-26-32(23-24-46-42)45(5,6)7;/h8-26H,1-7H3;/q;+2/i1D3;. The fourth-order valence-corrected chi connectivity index (χ4v) is 6.56. The van der Waals surface area contributed by atoms with Gasteiger partial charge in [0.15, 0.2) is 0 Å². The number of ether oxygens (including phenoxy) is 1. The Morgan fingerprint density at radius 3 is 2.27 bits per heavy atom. The normalized spacial score (nSPS) is 13.9. The summed E-state index contributed by atoms with van der Waals surface area (Å²) < 4.78 is 37.5. The van der Waals surface area contributed by atoms with Crippen molar-refractivity contribution in [1.82, 2.24) is 18.7 Å². The second-order valence-corrected chi connectivity index (χ2v) is 14.8. The molecule has 0 saturated carbocycles. The van der Waals surface area contributed by atoms with Crippen molar-refractivity contribution < 1.29 is 29.9 Å². The number of rotatable bonds is 5. The van der Waals surface area contributed by atoms with Crippen molar-refractivity contribution in [3.05, 3.63) is 144 Å². The molecule has 0 spiro atoms. The smallest absolute Gasteiger partial charge is 0.509 e. The second kappa shape index (κ2) is 12.9. The van der Waals surface area contributed by atoms with Crippen LogP contribution in [-0.2, 0) is 31.9 Å². The minimum atomic E-state index is -2.34. The first-order valence-corrected chi connectivity index (χ1v) is 16.9. The third-order valence-electron chi connectivity index (χ3n) is 9.26. The first kappa shape index (κ1) is 30.7. The van der Waals surface area contributed by atoms with Crippen LogP contribution in [0.15, 0.2) is 115 Å². The average molecular weight is 851 g/mol. The van der Waals surface area contributed by atoms with Crippen molar-refractivity contribution in [3.63, 3.8) is 0 Å². The summed E-state index contributed by atoms with van der Waals surface area (Å²) in [5, 5.41) is 2.15. The number of aromatic nitrogens is 2. The fraction of sp³-hybridized carbons (Fsp3) is 0.200. The maximum atomic E-state index is 8.39. The molecule has 0 aliphatic carbocycles. The molecule has 6 heteroatoms. The number of para-hydroxylation sites is 2. The van der Waals surface area contributed by atoms with Gasteiger partial charge in [-0.2, -0.15) is 12.1 Å². The summed E-state index contributed by atoms with van der Waals surface area (Å²) in [6, 6.07) is 46.1. The molecule has 5 aromatic carbocycles. The van der Waals surface area contributed by atoms with E-state index in [2.05, 4.69) is 107 Å². The van der Waals surface area contributed by atoms with E-state index in [0.29, 0.717) is 28.6 Å². The van der Waals surface area contributed by atoms with Crippen molar-refractivity contribution >= 4 is 50.6 Å². The van der Waals surface area contributed by atoms with Crippen LogP contribution in [0.5, 0.6) is 11.5 Å². The third-order valence-corrected chi connectivity index (χ3v) is 9.26. The van der Waals surface area contributed by atoms with E-state index in [1.165, 1.54) is 5.56 Å². The van der Waals surface area contributed by atoms with Gasteiger partial charge in [0.1, 0.15) is 11.5 Å². The van der Waals surface area contributed by atoms with Gasteiger partial charge in [-0.15, -0.1) is 23.6 Å². The predicted octanol–water partition coefficient (Wildman–Crippen LogP) is 11.3. The molecule has 0 radical (unpaired) electrons. The Labute approximate surface area is 318 Å². The molecule has 0 saturated heterocycles. The molecular weight excluding hydrogens is 808 g/mol. The molecule has 8 rings (SSSR count). The Bertz CT molecular complexity index is 2660. The Morgan fingerprint density at radius 2 is 1.47 bits per heavy atom. The molecule has 7 aromatic rings. The van der Waals surface area contributed by atoms with Gasteiger partial charge >= 0.3 is 32.8 Å². The van der Waals surface area contributed by atoms with Gasteiger partial charge in [0.05, 0.1) is 0 Å². The Kier molecular flexibility index (Phi) is 7.78. The molecule has 0 fully saturated rings. The Hall–Kier alpha value is -5.08. The summed E-state index contributed by atoms with van der Waals surface area (Å²) in [7, 11) is 0. The van der Waals surface area contributed by atoms with E-state index in [4.69, 9.17) is 13.8 Å². The first-order valence-electron chi connectivity index (χ1n) is 18.4.